The fourth-order valence-corrected chi connectivity index (χ4v) is 2.68. The number of aromatic nitrogens is 2. The van der Waals surface area contributed by atoms with E-state index in [4.69, 9.17) is 16.3 Å². The van der Waals surface area contributed by atoms with Crippen molar-refractivity contribution in [2.24, 2.45) is 0 Å². The van der Waals surface area contributed by atoms with E-state index in [1.165, 1.54) is 6.33 Å². The first kappa shape index (κ1) is 16.8. The van der Waals surface area contributed by atoms with Gasteiger partial charge in [-0.1, -0.05) is 24.4 Å². The van der Waals surface area contributed by atoms with Gasteiger partial charge in [-0.3, -0.25) is 0 Å². The van der Waals surface area contributed by atoms with Crippen molar-refractivity contribution in [3.63, 3.8) is 0 Å². The highest BCUT2D eigenvalue weighted by Crippen LogP contribution is 2.22. The maximum atomic E-state index is 12.0. The SMILES string of the molecule is CC(C)(C)OC(=O)N[C@H]1CCCC[C@H]1Nc1cc(Cl)ncn1. The molecule has 22 heavy (non-hydrogen) atoms. The Morgan fingerprint density at radius 2 is 1.95 bits per heavy atom. The molecule has 0 saturated heterocycles. The minimum absolute atomic E-state index is 0.0114. The highest BCUT2D eigenvalue weighted by atomic mass is 35.5. The Bertz CT molecular complexity index is 519. The van der Waals surface area contributed by atoms with Crippen molar-refractivity contribution in [1.29, 1.82) is 0 Å². The number of ether oxygens (including phenoxy) is 1. The molecule has 7 heteroatoms. The molecular formula is C15H23ClN4O2. The Morgan fingerprint density at radius 3 is 2.59 bits per heavy atom. The number of carbonyl (C=O) groups is 1. The van der Waals surface area contributed by atoms with Crippen molar-refractivity contribution < 1.29 is 9.53 Å². The lowest BCUT2D eigenvalue weighted by molar-refractivity contribution is 0.0488. The Kier molecular flexibility index (Phi) is 5.45. The molecule has 1 aromatic rings. The first-order valence-electron chi connectivity index (χ1n) is 7.57. The number of nitrogens with zero attached hydrogens (tertiary/aromatic N) is 2. The van der Waals surface area contributed by atoms with Crippen LogP contribution in [0.4, 0.5) is 10.6 Å². The van der Waals surface area contributed by atoms with Crippen molar-refractivity contribution in [2.75, 3.05) is 5.32 Å². The third kappa shape index (κ3) is 5.33. The predicted molar refractivity (Wildman–Crippen MR) is 86.1 cm³/mol. The van der Waals surface area contributed by atoms with E-state index in [-0.39, 0.29) is 18.2 Å². The normalized spacial score (nSPS) is 22.0. The number of hydrogen-bond acceptors (Lipinski definition) is 5. The zero-order chi connectivity index (χ0) is 16.2. The van der Waals surface area contributed by atoms with Gasteiger partial charge in [-0.05, 0) is 33.6 Å². The molecule has 122 valence electrons. The number of halogens is 1. The molecule has 1 aromatic heterocycles. The molecule has 2 rings (SSSR count). The Labute approximate surface area is 136 Å². The van der Waals surface area contributed by atoms with Gasteiger partial charge < -0.3 is 15.4 Å². The predicted octanol–water partition coefficient (Wildman–Crippen LogP) is 3.38. The zero-order valence-electron chi connectivity index (χ0n) is 13.2. The van der Waals surface area contributed by atoms with Gasteiger partial charge in [-0.15, -0.1) is 0 Å². The number of amides is 1. The van der Waals surface area contributed by atoms with Gasteiger partial charge in [0.15, 0.2) is 0 Å². The van der Waals surface area contributed by atoms with Crippen LogP contribution in [0, 0.1) is 0 Å². The van der Waals surface area contributed by atoms with Crippen LogP contribution < -0.4 is 10.6 Å². The third-order valence-corrected chi connectivity index (χ3v) is 3.64. The molecule has 1 fully saturated rings. The van der Waals surface area contributed by atoms with Crippen LogP contribution in [0.15, 0.2) is 12.4 Å². The van der Waals surface area contributed by atoms with Crippen molar-refractivity contribution >= 4 is 23.5 Å². The van der Waals surface area contributed by atoms with Gasteiger partial charge >= 0.3 is 6.09 Å². The van der Waals surface area contributed by atoms with Crippen LogP contribution in [-0.4, -0.2) is 33.7 Å². The number of rotatable bonds is 3. The van der Waals surface area contributed by atoms with E-state index in [2.05, 4.69) is 20.6 Å². The molecule has 1 aliphatic rings. The van der Waals surface area contributed by atoms with Gasteiger partial charge in [-0.25, -0.2) is 14.8 Å². The molecule has 0 radical (unpaired) electrons. The van der Waals surface area contributed by atoms with E-state index in [1.807, 2.05) is 20.8 Å². The molecule has 1 aliphatic carbocycles. The summed E-state index contributed by atoms with van der Waals surface area (Å²) in [5.74, 6) is 0.669. The maximum absolute atomic E-state index is 12.0. The first-order valence-corrected chi connectivity index (χ1v) is 7.95. The van der Waals surface area contributed by atoms with Gasteiger partial charge in [0, 0.05) is 12.1 Å². The fraction of sp³-hybridized carbons (Fsp3) is 0.667. The topological polar surface area (TPSA) is 76.1 Å². The molecule has 0 aromatic carbocycles. The molecule has 2 atom stereocenters. The van der Waals surface area contributed by atoms with Gasteiger partial charge in [0.05, 0.1) is 6.04 Å². The summed E-state index contributed by atoms with van der Waals surface area (Å²) < 4.78 is 5.33. The minimum Gasteiger partial charge on any atom is -0.444 e. The fourth-order valence-electron chi connectivity index (χ4n) is 2.54. The number of anilines is 1. The number of hydrogen-bond donors (Lipinski definition) is 2. The Balaban J connectivity index is 1.97. The van der Waals surface area contributed by atoms with Gasteiger partial charge in [0.2, 0.25) is 0 Å². The smallest absolute Gasteiger partial charge is 0.407 e. The van der Waals surface area contributed by atoms with Crippen LogP contribution in [0.25, 0.3) is 0 Å². The summed E-state index contributed by atoms with van der Waals surface area (Å²) in [5, 5.41) is 6.69. The van der Waals surface area contributed by atoms with Gasteiger partial charge in [0.1, 0.15) is 22.9 Å². The lowest BCUT2D eigenvalue weighted by Gasteiger charge is -2.33. The summed E-state index contributed by atoms with van der Waals surface area (Å²) in [5.41, 5.74) is -0.498. The third-order valence-electron chi connectivity index (χ3n) is 3.44. The van der Waals surface area contributed by atoms with Crippen molar-refractivity contribution in [1.82, 2.24) is 15.3 Å². The maximum Gasteiger partial charge on any atom is 0.407 e. The summed E-state index contributed by atoms with van der Waals surface area (Å²) in [4.78, 5) is 20.0. The lowest BCUT2D eigenvalue weighted by atomic mass is 9.90. The van der Waals surface area contributed by atoms with Crippen LogP contribution in [0.3, 0.4) is 0 Å². The van der Waals surface area contributed by atoms with Crippen LogP contribution in [-0.2, 0) is 4.74 Å². The van der Waals surface area contributed by atoms with E-state index in [0.29, 0.717) is 11.0 Å². The second-order valence-electron chi connectivity index (χ2n) is 6.51. The number of carbonyl (C=O) groups excluding carboxylic acids is 1. The second kappa shape index (κ2) is 7.13. The van der Waals surface area contributed by atoms with Gasteiger partial charge in [-0.2, -0.15) is 0 Å². The average molecular weight is 327 g/mol. The summed E-state index contributed by atoms with van der Waals surface area (Å²) >= 11 is 5.88. The standard InChI is InChI=1S/C15H23ClN4O2/c1-15(2,3)22-14(21)20-11-7-5-4-6-10(11)19-13-8-12(16)17-9-18-13/h8-11H,4-7H2,1-3H3,(H,20,21)(H,17,18,19)/t10-,11+/m1/s1. The molecule has 0 spiro atoms. The minimum atomic E-state index is -0.498. The summed E-state index contributed by atoms with van der Waals surface area (Å²) in [6, 6.07) is 1.80. The molecule has 1 heterocycles. The summed E-state index contributed by atoms with van der Waals surface area (Å²) in [7, 11) is 0. The molecule has 6 nitrogen and oxygen atoms in total. The Morgan fingerprint density at radius 1 is 1.27 bits per heavy atom. The van der Waals surface area contributed by atoms with Crippen molar-refractivity contribution in [3.05, 3.63) is 17.5 Å². The first-order chi connectivity index (χ1) is 10.3. The highest BCUT2D eigenvalue weighted by molar-refractivity contribution is 6.29. The van der Waals surface area contributed by atoms with E-state index in [9.17, 15) is 4.79 Å². The van der Waals surface area contributed by atoms with E-state index < -0.39 is 5.60 Å². The molecule has 0 aliphatic heterocycles. The zero-order valence-corrected chi connectivity index (χ0v) is 14.0. The summed E-state index contributed by atoms with van der Waals surface area (Å²) in [6.07, 6.45) is 5.11. The van der Waals surface area contributed by atoms with E-state index in [1.54, 1.807) is 6.07 Å². The van der Waals surface area contributed by atoms with Crippen LogP contribution in [0.5, 0.6) is 0 Å². The Hall–Kier alpha value is -1.56. The molecule has 1 amide bonds. The lowest BCUT2D eigenvalue weighted by Crippen LogP contribution is -2.49. The monoisotopic (exact) mass is 326 g/mol. The molecule has 0 bridgehead atoms. The molecular weight excluding hydrogens is 304 g/mol. The highest BCUT2D eigenvalue weighted by Gasteiger charge is 2.28. The van der Waals surface area contributed by atoms with Crippen LogP contribution >= 0.6 is 11.6 Å². The number of alkyl carbamates (subject to hydrolysis) is 1. The second-order valence-corrected chi connectivity index (χ2v) is 6.90. The molecule has 2 N–H and O–H groups in total. The quantitative estimate of drug-likeness (QED) is 0.833. The van der Waals surface area contributed by atoms with Crippen molar-refractivity contribution in [2.45, 2.75) is 64.1 Å². The molecule has 1 saturated carbocycles. The van der Waals surface area contributed by atoms with Crippen LogP contribution in [0.2, 0.25) is 5.15 Å². The largest absolute Gasteiger partial charge is 0.444 e. The van der Waals surface area contributed by atoms with E-state index in [0.717, 1.165) is 25.7 Å². The summed E-state index contributed by atoms with van der Waals surface area (Å²) in [6.45, 7) is 5.56. The van der Waals surface area contributed by atoms with Gasteiger partial charge in [0.25, 0.3) is 0 Å². The van der Waals surface area contributed by atoms with Crippen LogP contribution in [0.1, 0.15) is 46.5 Å². The average Bonchev–Trinajstić information content (AvgIpc) is 2.39. The number of nitrogens with one attached hydrogen (secondary N) is 2. The van der Waals surface area contributed by atoms with E-state index >= 15 is 0 Å². The van der Waals surface area contributed by atoms with Crippen molar-refractivity contribution in [3.8, 4) is 0 Å². The molecule has 0 unspecified atom stereocenters.